The summed E-state index contributed by atoms with van der Waals surface area (Å²) in [5.74, 6) is 1.06. The molecule has 6 nitrogen and oxygen atoms in total. The van der Waals surface area contributed by atoms with Crippen molar-refractivity contribution < 1.29 is 17.9 Å². The number of hydrogen-bond acceptors (Lipinski definition) is 4. The average molecular weight is 421 g/mol. The topological polar surface area (TPSA) is 66.9 Å². The molecule has 1 aliphatic heterocycles. The second-order valence-electron chi connectivity index (χ2n) is 8.70. The van der Waals surface area contributed by atoms with Gasteiger partial charge in [0, 0.05) is 26.2 Å². The Kier molecular flexibility index (Phi) is 6.11. The van der Waals surface area contributed by atoms with Gasteiger partial charge in [-0.15, -0.1) is 0 Å². The van der Waals surface area contributed by atoms with E-state index in [0.29, 0.717) is 38.5 Å². The minimum Gasteiger partial charge on any atom is -0.494 e. The van der Waals surface area contributed by atoms with E-state index >= 15 is 0 Å². The zero-order valence-electron chi connectivity index (χ0n) is 18.0. The Morgan fingerprint density at radius 1 is 1.14 bits per heavy atom. The average Bonchev–Trinajstić information content (AvgIpc) is 3.21. The second-order valence-corrected chi connectivity index (χ2v) is 10.6. The Morgan fingerprint density at radius 2 is 1.72 bits per heavy atom. The van der Waals surface area contributed by atoms with E-state index in [1.54, 1.807) is 24.3 Å². The Balaban J connectivity index is 1.63. The number of ether oxygens (including phenoxy) is 1. The predicted octanol–water partition coefficient (Wildman–Crippen LogP) is 3.16. The molecule has 3 rings (SSSR count). The summed E-state index contributed by atoms with van der Waals surface area (Å²) in [5.41, 5.74) is 1.20. The van der Waals surface area contributed by atoms with Gasteiger partial charge in [0.1, 0.15) is 5.75 Å². The predicted molar refractivity (Wildman–Crippen MR) is 113 cm³/mol. The van der Waals surface area contributed by atoms with E-state index in [0.717, 1.165) is 0 Å². The molecule has 7 heteroatoms. The summed E-state index contributed by atoms with van der Waals surface area (Å²) in [5, 5.41) is 0. The lowest BCUT2D eigenvalue weighted by atomic mass is 10.1. The van der Waals surface area contributed by atoms with Crippen LogP contribution in [0.3, 0.4) is 0 Å². The van der Waals surface area contributed by atoms with Crippen LogP contribution in [0.2, 0.25) is 0 Å². The van der Waals surface area contributed by atoms with Crippen LogP contribution in [0.15, 0.2) is 40.8 Å². The fraction of sp³-hybridized carbons (Fsp3) is 0.591. The van der Waals surface area contributed by atoms with Crippen LogP contribution in [0.1, 0.15) is 34.6 Å². The lowest BCUT2D eigenvalue weighted by Crippen LogP contribution is -2.51. The molecule has 0 aromatic heterocycles. The minimum absolute atomic E-state index is 0.00772. The van der Waals surface area contributed by atoms with E-state index in [9.17, 15) is 13.2 Å². The van der Waals surface area contributed by atoms with Crippen LogP contribution < -0.4 is 4.74 Å². The highest BCUT2D eigenvalue weighted by molar-refractivity contribution is 7.89. The van der Waals surface area contributed by atoms with Gasteiger partial charge in [-0.25, -0.2) is 8.42 Å². The molecule has 2 aliphatic rings. The molecule has 160 valence electrons. The molecular formula is C22H32N2O4S. The maximum atomic E-state index is 13.0. The van der Waals surface area contributed by atoms with Gasteiger partial charge < -0.3 is 9.64 Å². The second kappa shape index (κ2) is 8.11. The van der Waals surface area contributed by atoms with Crippen molar-refractivity contribution in [1.29, 1.82) is 0 Å². The molecule has 0 unspecified atom stereocenters. The van der Waals surface area contributed by atoms with Crippen LogP contribution in [0, 0.1) is 17.3 Å². The molecule has 0 spiro atoms. The summed E-state index contributed by atoms with van der Waals surface area (Å²) in [6.07, 6.45) is 2.19. The van der Waals surface area contributed by atoms with Crippen molar-refractivity contribution in [3.8, 4) is 5.75 Å². The standard InChI is InChI=1S/C22H32N2O4S/c1-6-28-17-7-9-18(10-8-17)29(26,27)24-13-11-23(12-14-24)21(25)20-19(15-16(2)3)22(20,4)5/h7-10,15,19-20H,6,11-14H2,1-5H3/t19-,20-/m1/s1. The number of piperazine rings is 1. The van der Waals surface area contributed by atoms with Gasteiger partial charge in [-0.3, -0.25) is 4.79 Å². The molecule has 2 atom stereocenters. The Labute approximate surface area is 174 Å². The molecule has 1 amide bonds. The summed E-state index contributed by atoms with van der Waals surface area (Å²) >= 11 is 0. The maximum absolute atomic E-state index is 13.0. The van der Waals surface area contributed by atoms with E-state index in [1.807, 2.05) is 11.8 Å². The molecule has 1 heterocycles. The quantitative estimate of drug-likeness (QED) is 0.663. The van der Waals surface area contributed by atoms with Gasteiger partial charge >= 0.3 is 0 Å². The lowest BCUT2D eigenvalue weighted by molar-refractivity contribution is -0.134. The Morgan fingerprint density at radius 3 is 2.24 bits per heavy atom. The number of nitrogens with zero attached hydrogens (tertiary/aromatic N) is 2. The molecular weight excluding hydrogens is 388 g/mol. The molecule has 0 bridgehead atoms. The van der Waals surface area contributed by atoms with Crippen molar-refractivity contribution in [3.05, 3.63) is 35.9 Å². The first-order valence-corrected chi connectivity index (χ1v) is 11.7. The first-order valence-electron chi connectivity index (χ1n) is 10.3. The zero-order chi connectivity index (χ0) is 21.4. The Hall–Kier alpha value is -1.86. The number of sulfonamides is 1. The maximum Gasteiger partial charge on any atom is 0.243 e. The molecule has 2 fully saturated rings. The Bertz CT molecular complexity index is 878. The molecule has 1 saturated heterocycles. The van der Waals surface area contributed by atoms with Crippen molar-refractivity contribution in [2.24, 2.45) is 17.3 Å². The highest BCUT2D eigenvalue weighted by Crippen LogP contribution is 2.60. The number of carbonyl (C=O) groups excluding carboxylic acids is 1. The number of hydrogen-bond donors (Lipinski definition) is 0. The smallest absolute Gasteiger partial charge is 0.243 e. The van der Waals surface area contributed by atoms with E-state index in [-0.39, 0.29) is 28.1 Å². The van der Waals surface area contributed by atoms with E-state index in [2.05, 4.69) is 33.8 Å². The van der Waals surface area contributed by atoms with Crippen molar-refractivity contribution in [1.82, 2.24) is 9.21 Å². The van der Waals surface area contributed by atoms with Gasteiger partial charge in [-0.2, -0.15) is 4.31 Å². The van der Waals surface area contributed by atoms with Gasteiger partial charge in [-0.1, -0.05) is 25.5 Å². The van der Waals surface area contributed by atoms with Crippen molar-refractivity contribution in [3.63, 3.8) is 0 Å². The first kappa shape index (κ1) is 21.8. The molecule has 1 aromatic rings. The fourth-order valence-corrected chi connectivity index (χ4v) is 5.61. The third kappa shape index (κ3) is 4.36. The molecule has 0 radical (unpaired) electrons. The van der Waals surface area contributed by atoms with Crippen LogP contribution >= 0.6 is 0 Å². The SMILES string of the molecule is CCOc1ccc(S(=O)(=O)N2CCN(C(=O)[C@H]3[C@@H](C=C(C)C)C3(C)C)CC2)cc1. The number of allylic oxidation sites excluding steroid dienone is 2. The van der Waals surface area contributed by atoms with Crippen LogP contribution in [-0.2, 0) is 14.8 Å². The van der Waals surface area contributed by atoms with Crippen LogP contribution in [0.5, 0.6) is 5.75 Å². The summed E-state index contributed by atoms with van der Waals surface area (Å²) in [4.78, 5) is 15.1. The third-order valence-electron chi connectivity index (χ3n) is 6.01. The van der Waals surface area contributed by atoms with Crippen LogP contribution in [-0.4, -0.2) is 56.3 Å². The largest absolute Gasteiger partial charge is 0.494 e. The molecule has 0 N–H and O–H groups in total. The summed E-state index contributed by atoms with van der Waals surface area (Å²) in [6.45, 7) is 12.3. The minimum atomic E-state index is -3.57. The van der Waals surface area contributed by atoms with Crippen molar-refractivity contribution in [2.45, 2.75) is 39.5 Å². The van der Waals surface area contributed by atoms with E-state index < -0.39 is 10.0 Å². The van der Waals surface area contributed by atoms with Gasteiger partial charge in [-0.05, 0) is 56.4 Å². The summed E-state index contributed by atoms with van der Waals surface area (Å²) in [6, 6.07) is 6.51. The zero-order valence-corrected chi connectivity index (χ0v) is 18.8. The molecule has 1 aliphatic carbocycles. The highest BCUT2D eigenvalue weighted by Gasteiger charge is 2.61. The van der Waals surface area contributed by atoms with Crippen LogP contribution in [0.4, 0.5) is 0 Å². The molecule has 29 heavy (non-hydrogen) atoms. The first-order chi connectivity index (χ1) is 13.6. The van der Waals surface area contributed by atoms with E-state index in [1.165, 1.54) is 9.88 Å². The monoisotopic (exact) mass is 420 g/mol. The summed E-state index contributed by atoms with van der Waals surface area (Å²) in [7, 11) is -3.57. The van der Waals surface area contributed by atoms with E-state index in [4.69, 9.17) is 4.74 Å². The number of carbonyl (C=O) groups is 1. The number of rotatable bonds is 6. The van der Waals surface area contributed by atoms with Gasteiger partial charge in [0.05, 0.1) is 17.4 Å². The number of amides is 1. The van der Waals surface area contributed by atoms with Crippen molar-refractivity contribution in [2.75, 3.05) is 32.8 Å². The van der Waals surface area contributed by atoms with Gasteiger partial charge in [0.25, 0.3) is 0 Å². The molecule has 1 aromatic carbocycles. The van der Waals surface area contributed by atoms with Crippen molar-refractivity contribution >= 4 is 15.9 Å². The van der Waals surface area contributed by atoms with Gasteiger partial charge in [0.15, 0.2) is 0 Å². The van der Waals surface area contributed by atoms with Crippen LogP contribution in [0.25, 0.3) is 0 Å². The van der Waals surface area contributed by atoms with Gasteiger partial charge in [0.2, 0.25) is 15.9 Å². The fourth-order valence-electron chi connectivity index (χ4n) is 4.19. The normalized spacial score (nSPS) is 24.1. The summed E-state index contributed by atoms with van der Waals surface area (Å²) < 4.78 is 32.7. The number of benzene rings is 1. The highest BCUT2D eigenvalue weighted by atomic mass is 32.2. The molecule has 1 saturated carbocycles. The third-order valence-corrected chi connectivity index (χ3v) is 7.93. The lowest BCUT2D eigenvalue weighted by Gasteiger charge is -2.34.